The second-order valence-corrected chi connectivity index (χ2v) is 7.66. The summed E-state index contributed by atoms with van der Waals surface area (Å²) in [4.78, 5) is 0. The molecule has 3 unspecified atom stereocenters. The molecule has 1 rings (SSSR count). The Labute approximate surface area is 118 Å². The molecule has 3 N–H and O–H groups in total. The fraction of sp³-hybridized carbons (Fsp3) is 1.00. The molecule has 0 aromatic rings. The van der Waals surface area contributed by atoms with Crippen molar-refractivity contribution in [3.63, 3.8) is 0 Å². The molecule has 1 aliphatic heterocycles. The first kappa shape index (κ1) is 16.9. The average molecular weight is 291 g/mol. The van der Waals surface area contributed by atoms with Crippen LogP contribution in [-0.2, 0) is 10.2 Å². The molecule has 1 fully saturated rings. The van der Waals surface area contributed by atoms with Gasteiger partial charge in [-0.3, -0.25) is 0 Å². The summed E-state index contributed by atoms with van der Waals surface area (Å²) < 4.78 is 29.1. The van der Waals surface area contributed by atoms with Gasteiger partial charge in [0.2, 0.25) is 0 Å². The molecule has 0 saturated carbocycles. The first-order valence-electron chi connectivity index (χ1n) is 7.36. The van der Waals surface area contributed by atoms with Gasteiger partial charge in [0.1, 0.15) is 0 Å². The van der Waals surface area contributed by atoms with Crippen molar-refractivity contribution >= 4 is 10.2 Å². The highest BCUT2D eigenvalue weighted by molar-refractivity contribution is 7.87. The van der Waals surface area contributed by atoms with Crippen molar-refractivity contribution < 1.29 is 8.42 Å². The van der Waals surface area contributed by atoms with Gasteiger partial charge in [0.25, 0.3) is 10.2 Å². The number of unbranched alkanes of at least 4 members (excludes halogenated alkanes) is 1. The Balaban J connectivity index is 2.63. The molecule has 1 saturated heterocycles. The van der Waals surface area contributed by atoms with E-state index in [0.717, 1.165) is 25.7 Å². The van der Waals surface area contributed by atoms with Gasteiger partial charge in [-0.05, 0) is 24.7 Å². The number of rotatable bonds is 7. The van der Waals surface area contributed by atoms with E-state index in [-0.39, 0.29) is 6.04 Å². The standard InChI is InChI=1S/C13H29N3O2S/c1-4-5-6-13(8-14)15-19(17,18)16-9-11(2)7-12(3)10-16/h11-13,15H,4-10,14H2,1-3H3. The molecule has 5 nitrogen and oxygen atoms in total. The van der Waals surface area contributed by atoms with Gasteiger partial charge in [-0.1, -0.05) is 33.6 Å². The van der Waals surface area contributed by atoms with Crippen LogP contribution < -0.4 is 10.5 Å². The zero-order valence-electron chi connectivity index (χ0n) is 12.4. The summed E-state index contributed by atoms with van der Waals surface area (Å²) in [6.07, 6.45) is 3.96. The van der Waals surface area contributed by atoms with E-state index >= 15 is 0 Å². The molecule has 0 aliphatic carbocycles. The summed E-state index contributed by atoms with van der Waals surface area (Å²) in [6.45, 7) is 7.90. The first-order chi connectivity index (χ1) is 8.89. The molecule has 114 valence electrons. The summed E-state index contributed by atoms with van der Waals surface area (Å²) in [6, 6.07) is -0.141. The van der Waals surface area contributed by atoms with E-state index in [4.69, 9.17) is 5.73 Å². The van der Waals surface area contributed by atoms with Crippen LogP contribution in [0.3, 0.4) is 0 Å². The normalized spacial score (nSPS) is 27.4. The fourth-order valence-corrected chi connectivity index (χ4v) is 4.45. The van der Waals surface area contributed by atoms with E-state index in [9.17, 15) is 8.42 Å². The van der Waals surface area contributed by atoms with Gasteiger partial charge in [0.05, 0.1) is 0 Å². The van der Waals surface area contributed by atoms with E-state index in [1.807, 2.05) is 0 Å². The zero-order valence-corrected chi connectivity index (χ0v) is 13.2. The molecule has 19 heavy (non-hydrogen) atoms. The summed E-state index contributed by atoms with van der Waals surface area (Å²) in [5, 5.41) is 0. The summed E-state index contributed by atoms with van der Waals surface area (Å²) >= 11 is 0. The monoisotopic (exact) mass is 291 g/mol. The second-order valence-electron chi connectivity index (χ2n) is 5.96. The lowest BCUT2D eigenvalue weighted by molar-refractivity contribution is 0.219. The van der Waals surface area contributed by atoms with E-state index < -0.39 is 10.2 Å². The van der Waals surface area contributed by atoms with Crippen LogP contribution in [0.2, 0.25) is 0 Å². The van der Waals surface area contributed by atoms with Gasteiger partial charge >= 0.3 is 0 Å². The van der Waals surface area contributed by atoms with Crippen LogP contribution in [0.1, 0.15) is 46.5 Å². The van der Waals surface area contributed by atoms with Gasteiger partial charge in [0.15, 0.2) is 0 Å². The Hall–Kier alpha value is -0.170. The molecular formula is C13H29N3O2S. The van der Waals surface area contributed by atoms with E-state index in [1.165, 1.54) is 0 Å². The molecule has 3 atom stereocenters. The lowest BCUT2D eigenvalue weighted by Crippen LogP contribution is -2.51. The van der Waals surface area contributed by atoms with Crippen LogP contribution in [0.4, 0.5) is 0 Å². The van der Waals surface area contributed by atoms with Crippen molar-refractivity contribution in [2.24, 2.45) is 17.6 Å². The van der Waals surface area contributed by atoms with Gasteiger partial charge in [-0.25, -0.2) is 0 Å². The van der Waals surface area contributed by atoms with Crippen LogP contribution >= 0.6 is 0 Å². The molecule has 0 spiro atoms. The Kier molecular flexibility index (Phi) is 6.73. The number of nitrogens with two attached hydrogens (primary N) is 1. The molecule has 0 aromatic carbocycles. The summed E-state index contributed by atoms with van der Waals surface area (Å²) in [5.74, 6) is 0.847. The molecule has 1 aliphatic rings. The highest BCUT2D eigenvalue weighted by Gasteiger charge is 2.31. The van der Waals surface area contributed by atoms with Crippen LogP contribution in [0, 0.1) is 11.8 Å². The maximum absolute atomic E-state index is 12.4. The van der Waals surface area contributed by atoms with Crippen LogP contribution in [-0.4, -0.2) is 38.4 Å². The molecule has 6 heteroatoms. The largest absolute Gasteiger partial charge is 0.329 e. The predicted octanol–water partition coefficient (Wildman–Crippen LogP) is 1.32. The van der Waals surface area contributed by atoms with Crippen molar-refractivity contribution in [3.05, 3.63) is 0 Å². The third kappa shape index (κ3) is 5.38. The quantitative estimate of drug-likeness (QED) is 0.743. The minimum absolute atomic E-state index is 0.141. The van der Waals surface area contributed by atoms with Gasteiger partial charge in [-0.2, -0.15) is 17.4 Å². The molecule has 0 amide bonds. The first-order valence-corrected chi connectivity index (χ1v) is 8.80. The average Bonchev–Trinajstić information content (AvgIpc) is 2.33. The van der Waals surface area contributed by atoms with Crippen molar-refractivity contribution in [2.75, 3.05) is 19.6 Å². The van der Waals surface area contributed by atoms with Crippen molar-refractivity contribution in [2.45, 2.75) is 52.5 Å². The van der Waals surface area contributed by atoms with E-state index in [0.29, 0.717) is 31.5 Å². The van der Waals surface area contributed by atoms with Gasteiger partial charge < -0.3 is 5.73 Å². The van der Waals surface area contributed by atoms with Crippen molar-refractivity contribution in [1.82, 2.24) is 9.03 Å². The molecule has 0 aromatic heterocycles. The smallest absolute Gasteiger partial charge is 0.279 e. The summed E-state index contributed by atoms with van der Waals surface area (Å²) in [7, 11) is -3.39. The Morgan fingerprint density at radius 2 is 1.89 bits per heavy atom. The highest BCUT2D eigenvalue weighted by Crippen LogP contribution is 2.22. The topological polar surface area (TPSA) is 75.4 Å². The van der Waals surface area contributed by atoms with Crippen molar-refractivity contribution in [1.29, 1.82) is 0 Å². The van der Waals surface area contributed by atoms with E-state index in [1.54, 1.807) is 4.31 Å². The molecule has 0 radical (unpaired) electrons. The Morgan fingerprint density at radius 1 is 1.32 bits per heavy atom. The Morgan fingerprint density at radius 3 is 2.37 bits per heavy atom. The maximum atomic E-state index is 12.4. The fourth-order valence-electron chi connectivity index (χ4n) is 2.76. The number of piperidine rings is 1. The third-order valence-electron chi connectivity index (χ3n) is 3.68. The molecule has 1 heterocycles. The zero-order chi connectivity index (χ0) is 14.5. The number of hydrogen-bond donors (Lipinski definition) is 2. The van der Waals surface area contributed by atoms with E-state index in [2.05, 4.69) is 25.5 Å². The predicted molar refractivity (Wildman–Crippen MR) is 78.9 cm³/mol. The minimum atomic E-state index is -3.39. The van der Waals surface area contributed by atoms with Gasteiger partial charge in [-0.15, -0.1) is 0 Å². The van der Waals surface area contributed by atoms with Crippen LogP contribution in [0.15, 0.2) is 0 Å². The Bertz CT molecular complexity index is 349. The number of hydrogen-bond acceptors (Lipinski definition) is 3. The number of nitrogens with zero attached hydrogens (tertiary/aromatic N) is 1. The lowest BCUT2D eigenvalue weighted by Gasteiger charge is -2.35. The van der Waals surface area contributed by atoms with Gasteiger partial charge in [0, 0.05) is 25.7 Å². The minimum Gasteiger partial charge on any atom is -0.329 e. The highest BCUT2D eigenvalue weighted by atomic mass is 32.2. The van der Waals surface area contributed by atoms with Crippen LogP contribution in [0.25, 0.3) is 0 Å². The molecular weight excluding hydrogens is 262 g/mol. The second kappa shape index (κ2) is 7.57. The summed E-state index contributed by atoms with van der Waals surface area (Å²) in [5.41, 5.74) is 5.66. The lowest BCUT2D eigenvalue weighted by atomic mass is 9.94. The maximum Gasteiger partial charge on any atom is 0.279 e. The SMILES string of the molecule is CCCCC(CN)NS(=O)(=O)N1CC(C)CC(C)C1. The van der Waals surface area contributed by atoms with Crippen molar-refractivity contribution in [3.8, 4) is 0 Å². The number of nitrogens with one attached hydrogen (secondary N) is 1. The molecule has 0 bridgehead atoms. The van der Waals surface area contributed by atoms with Crippen LogP contribution in [0.5, 0.6) is 0 Å². The third-order valence-corrected chi connectivity index (χ3v) is 5.29.